The summed E-state index contributed by atoms with van der Waals surface area (Å²) in [5.41, 5.74) is 2.93. The van der Waals surface area contributed by atoms with Gasteiger partial charge in [-0.05, 0) is 25.0 Å². The first-order chi connectivity index (χ1) is 14.7. The van der Waals surface area contributed by atoms with Gasteiger partial charge in [0, 0.05) is 11.3 Å². The van der Waals surface area contributed by atoms with Crippen molar-refractivity contribution < 1.29 is 14.3 Å². The molecule has 0 saturated heterocycles. The molecule has 0 radical (unpaired) electrons. The number of para-hydroxylation sites is 1. The normalized spacial score (nSPS) is 15.3. The monoisotopic (exact) mass is 404 g/mol. The Kier molecular flexibility index (Phi) is 5.79. The summed E-state index contributed by atoms with van der Waals surface area (Å²) in [5, 5.41) is 7.53. The summed E-state index contributed by atoms with van der Waals surface area (Å²) < 4.78 is 13.3. The number of benzene rings is 2. The molecule has 0 fully saturated rings. The maximum Gasteiger partial charge on any atom is 0.338 e. The average Bonchev–Trinajstić information content (AvgIpc) is 3.24. The molecule has 1 aliphatic heterocycles. The van der Waals surface area contributed by atoms with E-state index in [-0.39, 0.29) is 6.61 Å². The lowest BCUT2D eigenvalue weighted by Crippen LogP contribution is -2.30. The van der Waals surface area contributed by atoms with Gasteiger partial charge in [0.25, 0.3) is 0 Å². The van der Waals surface area contributed by atoms with Crippen molar-refractivity contribution in [3.8, 4) is 5.75 Å². The van der Waals surface area contributed by atoms with Crippen molar-refractivity contribution in [2.45, 2.75) is 32.9 Å². The number of nitrogens with one attached hydrogen (secondary N) is 1. The Morgan fingerprint density at radius 3 is 2.70 bits per heavy atom. The number of rotatable bonds is 7. The van der Waals surface area contributed by atoms with Gasteiger partial charge in [-0.25, -0.2) is 9.48 Å². The number of hydrogen-bond acceptors (Lipinski definition) is 6. The summed E-state index contributed by atoms with van der Waals surface area (Å²) >= 11 is 0. The fraction of sp³-hybridized carbons (Fsp3) is 0.261. The summed E-state index contributed by atoms with van der Waals surface area (Å²) in [6, 6.07) is 16.8. The number of carbonyl (C=O) groups excluding carboxylic acids is 1. The van der Waals surface area contributed by atoms with Crippen molar-refractivity contribution in [3.05, 3.63) is 83.3 Å². The number of aromatic nitrogens is 3. The van der Waals surface area contributed by atoms with Crippen LogP contribution in [0.3, 0.4) is 0 Å². The molecular formula is C23H24N4O3. The van der Waals surface area contributed by atoms with Crippen molar-refractivity contribution in [1.29, 1.82) is 0 Å². The van der Waals surface area contributed by atoms with Crippen LogP contribution in [0.1, 0.15) is 37.4 Å². The second-order valence-corrected chi connectivity index (χ2v) is 7.04. The second-order valence-electron chi connectivity index (χ2n) is 7.04. The average molecular weight is 404 g/mol. The number of hydrogen-bond donors (Lipinski definition) is 1. The van der Waals surface area contributed by atoms with Gasteiger partial charge in [-0.15, -0.1) is 0 Å². The number of esters is 1. The Balaban J connectivity index is 1.70. The predicted octanol–water partition coefficient (Wildman–Crippen LogP) is 4.10. The third-order valence-corrected chi connectivity index (χ3v) is 4.90. The highest BCUT2D eigenvalue weighted by Gasteiger charge is 2.36. The van der Waals surface area contributed by atoms with Crippen LogP contribution in [0.15, 0.2) is 72.2 Å². The summed E-state index contributed by atoms with van der Waals surface area (Å²) in [4.78, 5) is 17.5. The lowest BCUT2D eigenvalue weighted by molar-refractivity contribution is -0.140. The minimum atomic E-state index is -0.500. The third-order valence-electron chi connectivity index (χ3n) is 4.90. The molecule has 7 nitrogen and oxygen atoms in total. The molecule has 7 heteroatoms. The van der Waals surface area contributed by atoms with Crippen LogP contribution < -0.4 is 10.1 Å². The van der Waals surface area contributed by atoms with Gasteiger partial charge < -0.3 is 14.8 Å². The molecule has 0 amide bonds. The highest BCUT2D eigenvalue weighted by molar-refractivity contribution is 5.92. The Bertz CT molecular complexity index is 1060. The minimum Gasteiger partial charge on any atom is -0.493 e. The molecule has 0 aliphatic carbocycles. The molecule has 154 valence electrons. The highest BCUT2D eigenvalue weighted by Crippen LogP contribution is 2.39. The van der Waals surface area contributed by atoms with Crippen LogP contribution >= 0.6 is 0 Å². The van der Waals surface area contributed by atoms with Gasteiger partial charge in [0.15, 0.2) is 0 Å². The summed E-state index contributed by atoms with van der Waals surface area (Å²) in [7, 11) is 0. The largest absolute Gasteiger partial charge is 0.493 e. The van der Waals surface area contributed by atoms with Crippen LogP contribution in [0.25, 0.3) is 0 Å². The van der Waals surface area contributed by atoms with E-state index in [9.17, 15) is 4.79 Å². The molecule has 0 saturated carbocycles. The first-order valence-electron chi connectivity index (χ1n) is 9.99. The number of fused-ring (bicyclic) bond motifs is 1. The van der Waals surface area contributed by atoms with Crippen molar-refractivity contribution in [2.75, 3.05) is 11.9 Å². The first-order valence-corrected chi connectivity index (χ1v) is 9.99. The molecule has 2 aromatic carbocycles. The van der Waals surface area contributed by atoms with E-state index in [1.54, 1.807) is 4.68 Å². The maximum atomic E-state index is 13.2. The SMILES string of the molecule is CCCOc1ccccc1C1C(C(=O)OCc2ccccc2)=C(C)Nc2ncnn21. The first kappa shape index (κ1) is 19.7. The van der Waals surface area contributed by atoms with Crippen molar-refractivity contribution in [2.24, 2.45) is 0 Å². The van der Waals surface area contributed by atoms with Gasteiger partial charge in [0.05, 0.1) is 12.2 Å². The van der Waals surface area contributed by atoms with Gasteiger partial charge in [0.1, 0.15) is 24.7 Å². The van der Waals surface area contributed by atoms with E-state index in [1.807, 2.05) is 61.5 Å². The van der Waals surface area contributed by atoms with Gasteiger partial charge >= 0.3 is 5.97 Å². The van der Waals surface area contributed by atoms with Gasteiger partial charge in [-0.3, -0.25) is 0 Å². The molecule has 1 unspecified atom stereocenters. The Morgan fingerprint density at radius 2 is 1.90 bits per heavy atom. The van der Waals surface area contributed by atoms with E-state index in [1.165, 1.54) is 6.33 Å². The van der Waals surface area contributed by atoms with E-state index in [0.29, 0.717) is 29.6 Å². The highest BCUT2D eigenvalue weighted by atomic mass is 16.5. The fourth-order valence-electron chi connectivity index (χ4n) is 3.49. The lowest BCUT2D eigenvalue weighted by Gasteiger charge is -2.29. The molecule has 1 aromatic heterocycles. The van der Waals surface area contributed by atoms with Crippen LogP contribution in [-0.2, 0) is 16.1 Å². The minimum absolute atomic E-state index is 0.196. The van der Waals surface area contributed by atoms with E-state index < -0.39 is 12.0 Å². The lowest BCUT2D eigenvalue weighted by atomic mass is 9.95. The summed E-state index contributed by atoms with van der Waals surface area (Å²) in [6.45, 7) is 4.68. The topological polar surface area (TPSA) is 78.3 Å². The van der Waals surface area contributed by atoms with Crippen LogP contribution in [0.2, 0.25) is 0 Å². The smallest absolute Gasteiger partial charge is 0.338 e. The van der Waals surface area contributed by atoms with Crippen LogP contribution in [0, 0.1) is 0 Å². The zero-order chi connectivity index (χ0) is 20.9. The number of allylic oxidation sites excluding steroid dienone is 1. The number of ether oxygens (including phenoxy) is 2. The van der Waals surface area contributed by atoms with Crippen molar-refractivity contribution in [1.82, 2.24) is 14.8 Å². The zero-order valence-corrected chi connectivity index (χ0v) is 17.0. The van der Waals surface area contributed by atoms with E-state index in [0.717, 1.165) is 17.5 Å². The summed E-state index contributed by atoms with van der Waals surface area (Å²) in [5.74, 6) is 0.886. The molecule has 1 aliphatic rings. The van der Waals surface area contributed by atoms with E-state index >= 15 is 0 Å². The van der Waals surface area contributed by atoms with E-state index in [2.05, 4.69) is 22.3 Å². The molecule has 30 heavy (non-hydrogen) atoms. The maximum absolute atomic E-state index is 13.2. The van der Waals surface area contributed by atoms with Gasteiger partial charge in [-0.2, -0.15) is 10.1 Å². The Morgan fingerprint density at radius 1 is 1.13 bits per heavy atom. The molecule has 1 atom stereocenters. The third kappa shape index (κ3) is 3.91. The predicted molar refractivity (Wildman–Crippen MR) is 113 cm³/mol. The molecule has 0 bridgehead atoms. The molecular weight excluding hydrogens is 380 g/mol. The van der Waals surface area contributed by atoms with Crippen molar-refractivity contribution >= 4 is 11.9 Å². The molecule has 1 N–H and O–H groups in total. The molecule has 2 heterocycles. The van der Waals surface area contributed by atoms with Gasteiger partial charge in [0.2, 0.25) is 5.95 Å². The molecule has 0 spiro atoms. The van der Waals surface area contributed by atoms with Crippen LogP contribution in [-0.4, -0.2) is 27.3 Å². The zero-order valence-electron chi connectivity index (χ0n) is 17.0. The Hall–Kier alpha value is -3.61. The quantitative estimate of drug-likeness (QED) is 0.598. The standard InChI is InChI=1S/C23H24N4O3/c1-3-13-29-19-12-8-7-11-18(19)21-20(16(2)26-23-24-15-25-27(21)23)22(28)30-14-17-9-5-4-6-10-17/h4-12,15,21H,3,13-14H2,1-2H3,(H,24,25,26). The number of nitrogens with zero attached hydrogens (tertiary/aromatic N) is 3. The summed E-state index contributed by atoms with van der Waals surface area (Å²) in [6.07, 6.45) is 2.35. The van der Waals surface area contributed by atoms with Crippen LogP contribution in [0.4, 0.5) is 5.95 Å². The van der Waals surface area contributed by atoms with Crippen LogP contribution in [0.5, 0.6) is 5.75 Å². The second kappa shape index (κ2) is 8.82. The fourth-order valence-corrected chi connectivity index (χ4v) is 3.49. The molecule has 4 rings (SSSR count). The molecule has 3 aromatic rings. The number of carbonyl (C=O) groups is 1. The van der Waals surface area contributed by atoms with Crippen molar-refractivity contribution in [3.63, 3.8) is 0 Å². The van der Waals surface area contributed by atoms with E-state index in [4.69, 9.17) is 9.47 Å². The number of anilines is 1. The Labute approximate surface area is 175 Å². The van der Waals surface area contributed by atoms with Gasteiger partial charge in [-0.1, -0.05) is 55.5 Å².